The lowest BCUT2D eigenvalue weighted by Crippen LogP contribution is -2.14. The molecular weight excluding hydrogens is 330 g/mol. The van der Waals surface area contributed by atoms with Crippen LogP contribution in [0.1, 0.15) is 5.56 Å². The number of sulfone groups is 1. The Labute approximate surface area is 130 Å². The summed E-state index contributed by atoms with van der Waals surface area (Å²) < 4.78 is 25.2. The van der Waals surface area contributed by atoms with Gasteiger partial charge in [-0.05, 0) is 24.3 Å². The third-order valence-corrected chi connectivity index (χ3v) is 6.56. The number of nitrogens with zero attached hydrogens (tertiary/aromatic N) is 2. The molecule has 2 aromatic rings. The van der Waals surface area contributed by atoms with Crippen molar-refractivity contribution in [1.82, 2.24) is 4.98 Å². The first kappa shape index (κ1) is 15.8. The minimum Gasteiger partial charge on any atom is -0.409 e. The van der Waals surface area contributed by atoms with Gasteiger partial charge in [0.25, 0.3) is 0 Å². The molecule has 9 heteroatoms. The minimum atomic E-state index is -3.35. The van der Waals surface area contributed by atoms with E-state index >= 15 is 0 Å². The maximum Gasteiger partial charge on any atom is 0.179 e. The number of amidine groups is 1. The van der Waals surface area contributed by atoms with Crippen LogP contribution >= 0.6 is 23.1 Å². The molecule has 0 radical (unpaired) electrons. The molecule has 0 aliphatic rings. The smallest absolute Gasteiger partial charge is 0.179 e. The van der Waals surface area contributed by atoms with Crippen LogP contribution in [0, 0.1) is 0 Å². The number of aromatic nitrogens is 1. The third-order valence-electron chi connectivity index (χ3n) is 2.60. The van der Waals surface area contributed by atoms with Crippen LogP contribution in [-0.4, -0.2) is 36.0 Å². The largest absolute Gasteiger partial charge is 0.409 e. The van der Waals surface area contributed by atoms with Gasteiger partial charge < -0.3 is 10.9 Å². The molecule has 21 heavy (non-hydrogen) atoms. The van der Waals surface area contributed by atoms with Crippen molar-refractivity contribution in [2.24, 2.45) is 10.9 Å². The van der Waals surface area contributed by atoms with Gasteiger partial charge in [0.15, 0.2) is 15.7 Å². The van der Waals surface area contributed by atoms with E-state index in [-0.39, 0.29) is 16.5 Å². The number of thioether (sulfide) groups is 1. The summed E-state index contributed by atoms with van der Waals surface area (Å²) >= 11 is 2.90. The molecule has 1 heterocycles. The predicted molar refractivity (Wildman–Crippen MR) is 83.8 cm³/mol. The van der Waals surface area contributed by atoms with Gasteiger partial charge in [-0.25, -0.2) is 13.4 Å². The molecule has 0 amide bonds. The van der Waals surface area contributed by atoms with Gasteiger partial charge in [0.1, 0.15) is 4.34 Å². The predicted octanol–water partition coefficient (Wildman–Crippen LogP) is 1.80. The van der Waals surface area contributed by atoms with Gasteiger partial charge in [-0.2, -0.15) is 0 Å². The molecule has 0 aliphatic heterocycles. The van der Waals surface area contributed by atoms with E-state index in [9.17, 15) is 8.42 Å². The SMILES string of the molecule is N/C(=N/O)c1ccc(S(=O)(=O)CCSc2nccs2)cc1. The topological polar surface area (TPSA) is 106 Å². The number of oxime groups is 1. The molecular formula is C12H13N3O3S3. The zero-order valence-electron chi connectivity index (χ0n) is 10.8. The Kier molecular flexibility index (Phi) is 5.21. The fourth-order valence-electron chi connectivity index (χ4n) is 1.53. The number of benzene rings is 1. The fraction of sp³-hybridized carbons (Fsp3) is 0.167. The van der Waals surface area contributed by atoms with Gasteiger partial charge >= 0.3 is 0 Å². The van der Waals surface area contributed by atoms with Crippen LogP contribution in [0.15, 0.2) is 50.2 Å². The monoisotopic (exact) mass is 343 g/mol. The second-order valence-corrected chi connectivity index (χ2v) is 8.32. The lowest BCUT2D eigenvalue weighted by molar-refractivity contribution is 0.318. The molecule has 0 saturated heterocycles. The normalized spacial score (nSPS) is 12.5. The summed E-state index contributed by atoms with van der Waals surface area (Å²) in [6.07, 6.45) is 1.69. The molecule has 0 fully saturated rings. The highest BCUT2D eigenvalue weighted by atomic mass is 32.2. The Hall–Kier alpha value is -1.58. The van der Waals surface area contributed by atoms with Crippen molar-refractivity contribution in [3.8, 4) is 0 Å². The van der Waals surface area contributed by atoms with Crippen LogP contribution in [0.25, 0.3) is 0 Å². The van der Waals surface area contributed by atoms with E-state index in [1.807, 2.05) is 5.38 Å². The summed E-state index contributed by atoms with van der Waals surface area (Å²) in [5.74, 6) is 0.413. The summed E-state index contributed by atoms with van der Waals surface area (Å²) in [6.45, 7) is 0. The van der Waals surface area contributed by atoms with Gasteiger partial charge in [-0.3, -0.25) is 0 Å². The van der Waals surface area contributed by atoms with Crippen molar-refractivity contribution in [1.29, 1.82) is 0 Å². The van der Waals surface area contributed by atoms with Gasteiger partial charge in [-0.15, -0.1) is 11.3 Å². The Bertz CT molecular complexity index is 710. The Morgan fingerprint density at radius 3 is 2.67 bits per heavy atom. The van der Waals surface area contributed by atoms with E-state index in [0.717, 1.165) is 4.34 Å². The quantitative estimate of drug-likeness (QED) is 0.272. The van der Waals surface area contributed by atoms with E-state index in [1.165, 1.54) is 47.4 Å². The molecule has 3 N–H and O–H groups in total. The first-order valence-electron chi connectivity index (χ1n) is 5.86. The number of hydrogen-bond acceptors (Lipinski definition) is 7. The van der Waals surface area contributed by atoms with E-state index in [1.54, 1.807) is 6.20 Å². The lowest BCUT2D eigenvalue weighted by Gasteiger charge is -2.05. The highest BCUT2D eigenvalue weighted by molar-refractivity contribution is 8.02. The highest BCUT2D eigenvalue weighted by Gasteiger charge is 2.15. The van der Waals surface area contributed by atoms with Crippen molar-refractivity contribution < 1.29 is 13.6 Å². The molecule has 1 aromatic carbocycles. The molecule has 6 nitrogen and oxygen atoms in total. The average Bonchev–Trinajstić information content (AvgIpc) is 2.99. The Morgan fingerprint density at radius 1 is 1.38 bits per heavy atom. The molecule has 0 aliphatic carbocycles. The molecule has 0 unspecified atom stereocenters. The number of hydrogen-bond donors (Lipinski definition) is 2. The summed E-state index contributed by atoms with van der Waals surface area (Å²) in [6, 6.07) is 5.93. The summed E-state index contributed by atoms with van der Waals surface area (Å²) in [5, 5.41) is 13.3. The lowest BCUT2D eigenvalue weighted by atomic mass is 10.2. The zero-order valence-corrected chi connectivity index (χ0v) is 13.3. The standard InChI is InChI=1S/C12H13N3O3S3/c13-11(15-16)9-1-3-10(4-2-9)21(17,18)8-7-20-12-14-5-6-19-12/h1-6,16H,7-8H2,(H2,13,15). The van der Waals surface area contributed by atoms with Crippen molar-refractivity contribution in [3.63, 3.8) is 0 Å². The summed E-state index contributed by atoms with van der Waals surface area (Å²) in [4.78, 5) is 4.30. The zero-order chi connectivity index (χ0) is 15.3. The van der Waals surface area contributed by atoms with Gasteiger partial charge in [0.05, 0.1) is 10.6 Å². The second kappa shape index (κ2) is 6.92. The third kappa shape index (κ3) is 4.19. The van der Waals surface area contributed by atoms with Crippen LogP contribution in [0.3, 0.4) is 0 Å². The van der Waals surface area contributed by atoms with Crippen LogP contribution < -0.4 is 5.73 Å². The van der Waals surface area contributed by atoms with Crippen LogP contribution in [0.5, 0.6) is 0 Å². The molecule has 2 rings (SSSR count). The molecule has 0 atom stereocenters. The molecule has 0 bridgehead atoms. The first-order valence-corrected chi connectivity index (χ1v) is 9.38. The van der Waals surface area contributed by atoms with Gasteiger partial charge in [-0.1, -0.05) is 16.9 Å². The average molecular weight is 343 g/mol. The van der Waals surface area contributed by atoms with Crippen molar-refractivity contribution in [3.05, 3.63) is 41.4 Å². The van der Waals surface area contributed by atoms with Crippen LogP contribution in [0.4, 0.5) is 0 Å². The van der Waals surface area contributed by atoms with Gasteiger partial charge in [0.2, 0.25) is 0 Å². The molecule has 0 spiro atoms. The molecule has 0 saturated carbocycles. The highest BCUT2D eigenvalue weighted by Crippen LogP contribution is 2.21. The maximum absolute atomic E-state index is 12.2. The Morgan fingerprint density at radius 2 is 2.10 bits per heavy atom. The fourth-order valence-corrected chi connectivity index (χ4v) is 4.89. The van der Waals surface area contributed by atoms with Gasteiger partial charge in [0, 0.05) is 22.9 Å². The Balaban J connectivity index is 2.02. The van der Waals surface area contributed by atoms with E-state index in [0.29, 0.717) is 11.3 Å². The van der Waals surface area contributed by atoms with Crippen LogP contribution in [0.2, 0.25) is 0 Å². The summed E-state index contributed by atoms with van der Waals surface area (Å²) in [7, 11) is -3.35. The van der Waals surface area contributed by atoms with Crippen molar-refractivity contribution in [2.75, 3.05) is 11.5 Å². The van der Waals surface area contributed by atoms with E-state index in [2.05, 4.69) is 10.1 Å². The maximum atomic E-state index is 12.2. The molecule has 112 valence electrons. The van der Waals surface area contributed by atoms with E-state index in [4.69, 9.17) is 10.9 Å². The second-order valence-electron chi connectivity index (χ2n) is 3.97. The minimum absolute atomic E-state index is 0.0279. The van der Waals surface area contributed by atoms with Crippen LogP contribution in [-0.2, 0) is 9.84 Å². The van der Waals surface area contributed by atoms with Crippen molar-refractivity contribution in [2.45, 2.75) is 9.24 Å². The summed E-state index contributed by atoms with van der Waals surface area (Å²) in [5.41, 5.74) is 5.90. The van der Waals surface area contributed by atoms with E-state index < -0.39 is 9.84 Å². The molecule has 1 aromatic heterocycles. The first-order chi connectivity index (χ1) is 10.0. The number of thiazole rings is 1. The number of rotatable bonds is 6. The van der Waals surface area contributed by atoms with Crippen molar-refractivity contribution >= 4 is 38.8 Å². The number of nitrogens with two attached hydrogens (primary N) is 1.